The normalized spacial score (nSPS) is 10.2. The molecule has 0 atom stereocenters. The Morgan fingerprint density at radius 1 is 0.964 bits per heavy atom. The number of nitrogens with one attached hydrogen (secondary N) is 2. The molecule has 2 aromatic rings. The SMILES string of the molecule is CCCCCCOc1ccc(Br)cc1C(=O)NNC(=O)COc1ccccc1. The molecule has 2 rings (SSSR count). The van der Waals surface area contributed by atoms with E-state index in [1.165, 1.54) is 0 Å². The quantitative estimate of drug-likeness (QED) is 0.420. The van der Waals surface area contributed by atoms with Crippen LogP contribution in [-0.4, -0.2) is 25.0 Å². The summed E-state index contributed by atoms with van der Waals surface area (Å²) in [6.45, 7) is 2.49. The number of hydrogen-bond donors (Lipinski definition) is 2. The lowest BCUT2D eigenvalue weighted by atomic mass is 10.2. The molecule has 0 aliphatic carbocycles. The van der Waals surface area contributed by atoms with Gasteiger partial charge in [0.05, 0.1) is 12.2 Å². The standard InChI is InChI=1S/C21H25BrN2O4/c1-2-3-4-8-13-27-19-12-11-16(22)14-18(19)21(26)24-23-20(25)15-28-17-9-6-5-7-10-17/h5-7,9-12,14H,2-4,8,13,15H2,1H3,(H,23,25)(H,24,26). The number of hydrogen-bond acceptors (Lipinski definition) is 4. The Labute approximate surface area is 173 Å². The van der Waals surface area contributed by atoms with Crippen molar-refractivity contribution in [3.8, 4) is 11.5 Å². The molecule has 0 aliphatic rings. The maximum Gasteiger partial charge on any atom is 0.276 e. The zero-order valence-corrected chi connectivity index (χ0v) is 17.5. The molecule has 0 heterocycles. The summed E-state index contributed by atoms with van der Waals surface area (Å²) in [5, 5.41) is 0. The minimum atomic E-state index is -0.464. The number of halogens is 1. The molecule has 0 aliphatic heterocycles. The lowest BCUT2D eigenvalue weighted by molar-refractivity contribution is -0.123. The van der Waals surface area contributed by atoms with Crippen LogP contribution in [0, 0.1) is 0 Å². The van der Waals surface area contributed by atoms with Crippen LogP contribution in [0.1, 0.15) is 43.0 Å². The van der Waals surface area contributed by atoms with E-state index in [2.05, 4.69) is 33.7 Å². The van der Waals surface area contributed by atoms with Crippen LogP contribution in [0.15, 0.2) is 53.0 Å². The van der Waals surface area contributed by atoms with Gasteiger partial charge in [0, 0.05) is 4.47 Å². The molecule has 0 bridgehead atoms. The molecule has 0 spiro atoms. The number of para-hydroxylation sites is 1. The summed E-state index contributed by atoms with van der Waals surface area (Å²) in [4.78, 5) is 24.3. The number of benzene rings is 2. The summed E-state index contributed by atoms with van der Waals surface area (Å²) < 4.78 is 11.8. The van der Waals surface area contributed by atoms with Crippen molar-refractivity contribution >= 4 is 27.7 Å². The Kier molecular flexibility index (Phi) is 9.34. The van der Waals surface area contributed by atoms with E-state index in [9.17, 15) is 9.59 Å². The van der Waals surface area contributed by atoms with Crippen LogP contribution < -0.4 is 20.3 Å². The van der Waals surface area contributed by atoms with Crippen molar-refractivity contribution in [3.05, 3.63) is 58.6 Å². The van der Waals surface area contributed by atoms with Crippen LogP contribution >= 0.6 is 15.9 Å². The first kappa shape index (κ1) is 21.8. The molecule has 7 heteroatoms. The lowest BCUT2D eigenvalue weighted by Crippen LogP contribution is -2.44. The zero-order valence-electron chi connectivity index (χ0n) is 15.9. The number of hydrazine groups is 1. The summed E-state index contributed by atoms with van der Waals surface area (Å²) in [5.74, 6) is 0.133. The lowest BCUT2D eigenvalue weighted by Gasteiger charge is -2.13. The van der Waals surface area contributed by atoms with Crippen LogP contribution in [0.5, 0.6) is 11.5 Å². The van der Waals surface area contributed by atoms with Gasteiger partial charge in [-0.05, 0) is 36.8 Å². The highest BCUT2D eigenvalue weighted by molar-refractivity contribution is 9.10. The first-order valence-corrected chi connectivity index (χ1v) is 10.1. The number of rotatable bonds is 10. The Bertz CT molecular complexity index is 768. The van der Waals surface area contributed by atoms with Gasteiger partial charge in [0.2, 0.25) is 0 Å². The Balaban J connectivity index is 1.84. The van der Waals surface area contributed by atoms with Gasteiger partial charge in [0.1, 0.15) is 11.5 Å². The Hall–Kier alpha value is -2.54. The first-order valence-electron chi connectivity index (χ1n) is 9.29. The van der Waals surface area contributed by atoms with Crippen molar-refractivity contribution in [1.29, 1.82) is 0 Å². The summed E-state index contributed by atoms with van der Waals surface area (Å²) in [5.41, 5.74) is 5.08. The third-order valence-corrected chi connectivity index (χ3v) is 4.36. The van der Waals surface area contributed by atoms with Gasteiger partial charge in [-0.3, -0.25) is 20.4 Å². The third kappa shape index (κ3) is 7.60. The predicted molar refractivity (Wildman–Crippen MR) is 111 cm³/mol. The highest BCUT2D eigenvalue weighted by Gasteiger charge is 2.14. The average molecular weight is 449 g/mol. The van der Waals surface area contributed by atoms with E-state index >= 15 is 0 Å². The second-order valence-electron chi connectivity index (χ2n) is 6.15. The number of ether oxygens (including phenoxy) is 2. The topological polar surface area (TPSA) is 76.7 Å². The van der Waals surface area contributed by atoms with Crippen molar-refractivity contribution < 1.29 is 19.1 Å². The maximum absolute atomic E-state index is 12.5. The summed E-state index contributed by atoms with van der Waals surface area (Å²) in [7, 11) is 0. The number of carbonyl (C=O) groups excluding carboxylic acids is 2. The average Bonchev–Trinajstić information content (AvgIpc) is 2.72. The van der Waals surface area contributed by atoms with Crippen molar-refractivity contribution in [2.75, 3.05) is 13.2 Å². The molecule has 0 saturated heterocycles. The van der Waals surface area contributed by atoms with Gasteiger partial charge in [0.25, 0.3) is 11.8 Å². The van der Waals surface area contributed by atoms with Gasteiger partial charge in [-0.2, -0.15) is 0 Å². The molecule has 0 unspecified atom stereocenters. The fraction of sp³-hybridized carbons (Fsp3) is 0.333. The summed E-state index contributed by atoms with van der Waals surface area (Å²) in [6, 6.07) is 14.2. The predicted octanol–water partition coefficient (Wildman–Crippen LogP) is 4.25. The van der Waals surface area contributed by atoms with Gasteiger partial charge in [0.15, 0.2) is 6.61 Å². The molecular weight excluding hydrogens is 424 g/mol. The first-order chi connectivity index (χ1) is 13.6. The minimum Gasteiger partial charge on any atom is -0.493 e. The summed E-state index contributed by atoms with van der Waals surface area (Å²) in [6.07, 6.45) is 4.33. The van der Waals surface area contributed by atoms with Gasteiger partial charge < -0.3 is 9.47 Å². The molecule has 150 valence electrons. The molecule has 6 nitrogen and oxygen atoms in total. The van der Waals surface area contributed by atoms with Crippen molar-refractivity contribution in [3.63, 3.8) is 0 Å². The molecule has 2 N–H and O–H groups in total. The van der Waals surface area contributed by atoms with Crippen LogP contribution in [0.4, 0.5) is 0 Å². The van der Waals surface area contributed by atoms with Gasteiger partial charge >= 0.3 is 0 Å². The van der Waals surface area contributed by atoms with E-state index in [-0.39, 0.29) is 6.61 Å². The highest BCUT2D eigenvalue weighted by Crippen LogP contribution is 2.23. The van der Waals surface area contributed by atoms with Crippen LogP contribution in [0.2, 0.25) is 0 Å². The van der Waals surface area contributed by atoms with Crippen LogP contribution in [0.3, 0.4) is 0 Å². The van der Waals surface area contributed by atoms with E-state index in [1.807, 2.05) is 24.3 Å². The van der Waals surface area contributed by atoms with Crippen molar-refractivity contribution in [1.82, 2.24) is 10.9 Å². The fourth-order valence-corrected chi connectivity index (χ4v) is 2.77. The molecular formula is C21H25BrN2O4. The van der Waals surface area contributed by atoms with Crippen LogP contribution in [-0.2, 0) is 4.79 Å². The minimum absolute atomic E-state index is 0.205. The highest BCUT2D eigenvalue weighted by atomic mass is 79.9. The van der Waals surface area contributed by atoms with E-state index in [4.69, 9.17) is 9.47 Å². The largest absolute Gasteiger partial charge is 0.493 e. The zero-order chi connectivity index (χ0) is 20.2. The maximum atomic E-state index is 12.5. The summed E-state index contributed by atoms with van der Waals surface area (Å²) >= 11 is 3.35. The molecule has 0 fully saturated rings. The fourth-order valence-electron chi connectivity index (χ4n) is 2.41. The van der Waals surface area contributed by atoms with E-state index in [0.29, 0.717) is 23.7 Å². The molecule has 2 amide bonds. The number of amides is 2. The van der Waals surface area contributed by atoms with Crippen molar-refractivity contribution in [2.24, 2.45) is 0 Å². The Morgan fingerprint density at radius 2 is 1.75 bits per heavy atom. The van der Waals surface area contributed by atoms with E-state index in [0.717, 1.165) is 30.2 Å². The molecule has 0 aromatic heterocycles. The van der Waals surface area contributed by atoms with Gasteiger partial charge in [-0.25, -0.2) is 0 Å². The third-order valence-electron chi connectivity index (χ3n) is 3.87. The van der Waals surface area contributed by atoms with Gasteiger partial charge in [-0.15, -0.1) is 0 Å². The smallest absolute Gasteiger partial charge is 0.276 e. The van der Waals surface area contributed by atoms with Crippen LogP contribution in [0.25, 0.3) is 0 Å². The van der Waals surface area contributed by atoms with E-state index < -0.39 is 11.8 Å². The molecule has 0 saturated carbocycles. The number of unbranched alkanes of at least 4 members (excludes halogenated alkanes) is 3. The van der Waals surface area contributed by atoms with E-state index in [1.54, 1.807) is 24.3 Å². The second kappa shape index (κ2) is 12.0. The molecule has 0 radical (unpaired) electrons. The molecule has 2 aromatic carbocycles. The second-order valence-corrected chi connectivity index (χ2v) is 7.07. The van der Waals surface area contributed by atoms with Gasteiger partial charge in [-0.1, -0.05) is 60.3 Å². The number of carbonyl (C=O) groups is 2. The monoisotopic (exact) mass is 448 g/mol. The van der Waals surface area contributed by atoms with Crippen molar-refractivity contribution in [2.45, 2.75) is 32.6 Å². The molecule has 28 heavy (non-hydrogen) atoms. The Morgan fingerprint density at radius 3 is 2.50 bits per heavy atom.